The third kappa shape index (κ3) is 2.73. The second-order valence-electron chi connectivity index (χ2n) is 3.46. The highest BCUT2D eigenvalue weighted by molar-refractivity contribution is 7.99. The van der Waals surface area contributed by atoms with Gasteiger partial charge < -0.3 is 0 Å². The van der Waals surface area contributed by atoms with Crippen molar-refractivity contribution in [3.63, 3.8) is 0 Å². The van der Waals surface area contributed by atoms with Gasteiger partial charge in [-0.25, -0.2) is 13.1 Å². The van der Waals surface area contributed by atoms with E-state index in [0.29, 0.717) is 0 Å². The van der Waals surface area contributed by atoms with Crippen molar-refractivity contribution in [2.75, 3.05) is 11.5 Å². The number of nitrogens with one attached hydrogen (secondary N) is 2. The molecule has 1 aliphatic heterocycles. The molecule has 0 aromatic carbocycles. The van der Waals surface area contributed by atoms with Gasteiger partial charge in [0.2, 0.25) is 0 Å². The van der Waals surface area contributed by atoms with Crippen molar-refractivity contribution >= 4 is 21.8 Å². The Labute approximate surface area is 93.1 Å². The van der Waals surface area contributed by atoms with Gasteiger partial charge in [0.1, 0.15) is 0 Å². The Kier molecular flexibility index (Phi) is 3.32. The van der Waals surface area contributed by atoms with Crippen molar-refractivity contribution in [1.82, 2.24) is 14.9 Å². The maximum atomic E-state index is 11.8. The first kappa shape index (κ1) is 11.0. The van der Waals surface area contributed by atoms with Crippen LogP contribution in [0.4, 0.5) is 0 Å². The monoisotopic (exact) mass is 247 g/mol. The number of aromatic amines is 1. The van der Waals surface area contributed by atoms with Gasteiger partial charge in [0.15, 0.2) is 5.03 Å². The number of sulfonamides is 1. The molecule has 84 valence electrons. The predicted octanol–water partition coefficient (Wildman–Crippen LogP) is 0.584. The molecule has 0 amide bonds. The van der Waals surface area contributed by atoms with E-state index in [1.807, 2.05) is 0 Å². The molecule has 2 rings (SSSR count). The van der Waals surface area contributed by atoms with E-state index in [9.17, 15) is 8.42 Å². The van der Waals surface area contributed by atoms with Gasteiger partial charge >= 0.3 is 0 Å². The number of hydrogen-bond acceptors (Lipinski definition) is 4. The molecule has 1 aliphatic rings. The Balaban J connectivity index is 2.04. The molecule has 0 spiro atoms. The quantitative estimate of drug-likeness (QED) is 0.819. The summed E-state index contributed by atoms with van der Waals surface area (Å²) in [4.78, 5) is 0. The fourth-order valence-corrected chi connectivity index (χ4v) is 3.87. The van der Waals surface area contributed by atoms with Crippen molar-refractivity contribution in [3.8, 4) is 0 Å². The number of aromatic nitrogens is 2. The van der Waals surface area contributed by atoms with E-state index < -0.39 is 10.0 Å². The largest absolute Gasteiger partial charge is 0.266 e. The van der Waals surface area contributed by atoms with Gasteiger partial charge in [0.05, 0.1) is 6.20 Å². The van der Waals surface area contributed by atoms with Gasteiger partial charge in [-0.2, -0.15) is 16.9 Å². The summed E-state index contributed by atoms with van der Waals surface area (Å²) in [5.74, 6) is 1.98. The third-order valence-electron chi connectivity index (χ3n) is 2.25. The fourth-order valence-electron chi connectivity index (χ4n) is 1.51. The molecule has 1 fully saturated rings. The van der Waals surface area contributed by atoms with Gasteiger partial charge in [-0.15, -0.1) is 0 Å². The molecule has 1 aromatic rings. The summed E-state index contributed by atoms with van der Waals surface area (Å²) in [6, 6.07) is 1.51. The Hall–Kier alpha value is -0.530. The topological polar surface area (TPSA) is 74.8 Å². The van der Waals surface area contributed by atoms with Gasteiger partial charge in [0.25, 0.3) is 10.0 Å². The Morgan fingerprint density at radius 1 is 1.60 bits per heavy atom. The zero-order valence-electron chi connectivity index (χ0n) is 8.14. The van der Waals surface area contributed by atoms with Crippen molar-refractivity contribution in [2.24, 2.45) is 0 Å². The van der Waals surface area contributed by atoms with Crippen molar-refractivity contribution in [1.29, 1.82) is 0 Å². The number of nitrogens with zero attached hydrogens (tertiary/aromatic N) is 1. The molecule has 5 nitrogen and oxygen atoms in total. The van der Waals surface area contributed by atoms with Crippen LogP contribution in [0.1, 0.15) is 12.8 Å². The lowest BCUT2D eigenvalue weighted by Crippen LogP contribution is -2.38. The average Bonchev–Trinajstić information content (AvgIpc) is 2.71. The van der Waals surface area contributed by atoms with E-state index in [0.717, 1.165) is 24.3 Å². The minimum absolute atomic E-state index is 0.0528. The smallest absolute Gasteiger partial charge is 0.257 e. The maximum Gasteiger partial charge on any atom is 0.257 e. The summed E-state index contributed by atoms with van der Waals surface area (Å²) < 4.78 is 26.2. The molecule has 0 saturated carbocycles. The summed E-state index contributed by atoms with van der Waals surface area (Å²) >= 11 is 1.79. The summed E-state index contributed by atoms with van der Waals surface area (Å²) in [5, 5.41) is 6.23. The van der Waals surface area contributed by atoms with E-state index in [2.05, 4.69) is 14.9 Å². The van der Waals surface area contributed by atoms with Crippen molar-refractivity contribution < 1.29 is 8.42 Å². The molecule has 1 unspecified atom stereocenters. The van der Waals surface area contributed by atoms with E-state index in [1.54, 1.807) is 11.8 Å². The summed E-state index contributed by atoms with van der Waals surface area (Å²) in [6.07, 6.45) is 3.42. The minimum atomic E-state index is -3.40. The van der Waals surface area contributed by atoms with Crippen LogP contribution in [0, 0.1) is 0 Å². The molecule has 15 heavy (non-hydrogen) atoms. The lowest BCUT2D eigenvalue weighted by molar-refractivity contribution is 0.540. The SMILES string of the molecule is O=S(=O)(NC1CCCSC1)c1ccn[nH]1. The first-order valence-electron chi connectivity index (χ1n) is 4.78. The highest BCUT2D eigenvalue weighted by Crippen LogP contribution is 2.18. The molecule has 0 radical (unpaired) electrons. The highest BCUT2D eigenvalue weighted by Gasteiger charge is 2.22. The zero-order valence-corrected chi connectivity index (χ0v) is 9.77. The second kappa shape index (κ2) is 4.54. The maximum absolute atomic E-state index is 11.8. The number of rotatable bonds is 3. The molecular weight excluding hydrogens is 234 g/mol. The van der Waals surface area contributed by atoms with E-state index >= 15 is 0 Å². The fraction of sp³-hybridized carbons (Fsp3) is 0.625. The molecule has 2 N–H and O–H groups in total. The van der Waals surface area contributed by atoms with Gasteiger partial charge in [-0.05, 0) is 24.7 Å². The number of thioether (sulfide) groups is 1. The van der Waals surface area contributed by atoms with E-state index in [1.165, 1.54) is 12.3 Å². The lowest BCUT2D eigenvalue weighted by atomic mass is 10.2. The van der Waals surface area contributed by atoms with E-state index in [4.69, 9.17) is 0 Å². The van der Waals surface area contributed by atoms with Crippen molar-refractivity contribution in [2.45, 2.75) is 23.9 Å². The van der Waals surface area contributed by atoms with Crippen LogP contribution in [0.15, 0.2) is 17.3 Å². The number of H-pyrrole nitrogens is 1. The summed E-state index contributed by atoms with van der Waals surface area (Å²) in [7, 11) is -3.40. The Bertz CT molecular complexity index is 396. The molecule has 0 bridgehead atoms. The van der Waals surface area contributed by atoms with Crippen LogP contribution in [-0.4, -0.2) is 36.2 Å². The van der Waals surface area contributed by atoms with Crippen LogP contribution in [0.5, 0.6) is 0 Å². The molecule has 7 heteroatoms. The first-order valence-corrected chi connectivity index (χ1v) is 7.42. The molecule has 1 aromatic heterocycles. The molecule has 2 heterocycles. The summed E-state index contributed by atoms with van der Waals surface area (Å²) in [6.45, 7) is 0. The van der Waals surface area contributed by atoms with Crippen LogP contribution >= 0.6 is 11.8 Å². The predicted molar refractivity (Wildman–Crippen MR) is 59.3 cm³/mol. The van der Waals surface area contributed by atoms with Crippen LogP contribution in [0.2, 0.25) is 0 Å². The molecule has 0 aliphatic carbocycles. The molecule has 1 atom stereocenters. The molecule has 1 saturated heterocycles. The van der Waals surface area contributed by atoms with Crippen LogP contribution in [0.25, 0.3) is 0 Å². The number of hydrogen-bond donors (Lipinski definition) is 2. The van der Waals surface area contributed by atoms with Gasteiger partial charge in [0, 0.05) is 11.8 Å². The van der Waals surface area contributed by atoms with Crippen molar-refractivity contribution in [3.05, 3.63) is 12.3 Å². The normalized spacial score (nSPS) is 22.8. The van der Waals surface area contributed by atoms with Gasteiger partial charge in [-0.1, -0.05) is 0 Å². The molecular formula is C8H13N3O2S2. The summed E-state index contributed by atoms with van der Waals surface area (Å²) in [5.41, 5.74) is 0. The van der Waals surface area contributed by atoms with Gasteiger partial charge in [-0.3, -0.25) is 5.10 Å². The van der Waals surface area contributed by atoms with Crippen LogP contribution in [-0.2, 0) is 10.0 Å². The lowest BCUT2D eigenvalue weighted by Gasteiger charge is -2.21. The first-order chi connectivity index (χ1) is 7.18. The third-order valence-corrected chi connectivity index (χ3v) is 4.91. The minimum Gasteiger partial charge on any atom is -0.266 e. The second-order valence-corrected chi connectivity index (χ2v) is 6.29. The Morgan fingerprint density at radius 2 is 2.47 bits per heavy atom. The Morgan fingerprint density at radius 3 is 3.07 bits per heavy atom. The zero-order chi connectivity index (χ0) is 10.7. The van der Waals surface area contributed by atoms with Crippen LogP contribution < -0.4 is 4.72 Å². The van der Waals surface area contributed by atoms with Crippen LogP contribution in [0.3, 0.4) is 0 Å². The average molecular weight is 247 g/mol. The van der Waals surface area contributed by atoms with E-state index in [-0.39, 0.29) is 11.1 Å². The standard InChI is InChI=1S/C8H13N3O2S2/c12-15(13,8-3-4-9-10-8)11-7-2-1-5-14-6-7/h3-4,7,11H,1-2,5-6H2,(H,9,10). The highest BCUT2D eigenvalue weighted by atomic mass is 32.2.